The highest BCUT2D eigenvalue weighted by atomic mass is 79.9. The largest absolute Gasteiger partial charge is 0.481 e. The van der Waals surface area contributed by atoms with Gasteiger partial charge in [-0.05, 0) is 18.2 Å². The Kier molecular flexibility index (Phi) is 3.68. The summed E-state index contributed by atoms with van der Waals surface area (Å²) in [6, 6.07) is 4.75. The van der Waals surface area contributed by atoms with Gasteiger partial charge in [-0.1, -0.05) is 15.9 Å². The van der Waals surface area contributed by atoms with E-state index in [1.807, 2.05) is 0 Å². The topological polar surface area (TPSA) is 94.9 Å². The van der Waals surface area contributed by atoms with Crippen molar-refractivity contribution in [2.75, 3.05) is 11.4 Å². The van der Waals surface area contributed by atoms with Crippen LogP contribution in [-0.4, -0.2) is 40.5 Å². The zero-order chi connectivity index (χ0) is 14.2. The highest BCUT2D eigenvalue weighted by Gasteiger charge is 2.36. The number of nitrogens with zero attached hydrogens (tertiary/aromatic N) is 1. The predicted molar refractivity (Wildman–Crippen MR) is 69.1 cm³/mol. The van der Waals surface area contributed by atoms with E-state index >= 15 is 0 Å². The zero-order valence-corrected chi connectivity index (χ0v) is 11.3. The van der Waals surface area contributed by atoms with Gasteiger partial charge in [0.1, 0.15) is 0 Å². The van der Waals surface area contributed by atoms with Crippen molar-refractivity contribution in [3.8, 4) is 0 Å². The van der Waals surface area contributed by atoms with E-state index in [-0.39, 0.29) is 12.1 Å². The van der Waals surface area contributed by atoms with Gasteiger partial charge in [0, 0.05) is 4.47 Å². The van der Waals surface area contributed by atoms with Gasteiger partial charge in [-0.2, -0.15) is 0 Å². The van der Waals surface area contributed by atoms with E-state index < -0.39 is 30.2 Å². The van der Waals surface area contributed by atoms with Gasteiger partial charge in [0.2, 0.25) is 0 Å². The van der Waals surface area contributed by atoms with Crippen LogP contribution in [0.25, 0.3) is 0 Å². The van der Waals surface area contributed by atoms with Crippen LogP contribution in [0.5, 0.6) is 0 Å². The first-order chi connectivity index (χ1) is 8.90. The number of anilines is 1. The summed E-state index contributed by atoms with van der Waals surface area (Å²) >= 11 is 3.23. The van der Waals surface area contributed by atoms with Crippen molar-refractivity contribution < 1.29 is 24.6 Å². The number of amides is 1. The molecule has 7 heteroatoms. The van der Waals surface area contributed by atoms with E-state index in [4.69, 9.17) is 5.11 Å². The number of hydrogen-bond acceptors (Lipinski definition) is 4. The lowest BCUT2D eigenvalue weighted by molar-refractivity contribution is -0.139. The maximum atomic E-state index is 11.8. The van der Waals surface area contributed by atoms with Crippen LogP contribution in [-0.2, 0) is 9.59 Å². The SMILES string of the molecule is O=C(O)CC(O)CN1C(=O)C(=O)c2ccc(Br)cc21. The standard InChI is InChI=1S/C12H10BrNO5/c13-6-1-2-8-9(3-6)14(12(19)11(8)18)5-7(15)4-10(16)17/h1-3,7,15H,4-5H2,(H,16,17). The zero-order valence-electron chi connectivity index (χ0n) is 9.67. The Morgan fingerprint density at radius 2 is 2.05 bits per heavy atom. The minimum atomic E-state index is -1.22. The monoisotopic (exact) mass is 327 g/mol. The summed E-state index contributed by atoms with van der Waals surface area (Å²) in [5.74, 6) is -2.57. The molecule has 0 radical (unpaired) electrons. The minimum Gasteiger partial charge on any atom is -0.481 e. The second kappa shape index (κ2) is 5.10. The molecule has 0 saturated carbocycles. The Hall–Kier alpha value is -1.73. The number of aliphatic carboxylic acids is 1. The molecule has 1 aromatic carbocycles. The molecule has 2 N–H and O–H groups in total. The van der Waals surface area contributed by atoms with Crippen LogP contribution in [0.2, 0.25) is 0 Å². The molecule has 19 heavy (non-hydrogen) atoms. The fourth-order valence-electron chi connectivity index (χ4n) is 1.93. The first-order valence-electron chi connectivity index (χ1n) is 5.45. The third-order valence-electron chi connectivity index (χ3n) is 2.74. The Bertz CT molecular complexity index is 571. The number of halogens is 1. The number of aliphatic hydroxyl groups excluding tert-OH is 1. The third-order valence-corrected chi connectivity index (χ3v) is 3.23. The number of carbonyl (C=O) groups excluding carboxylic acids is 2. The van der Waals surface area contributed by atoms with Crippen LogP contribution < -0.4 is 4.90 Å². The van der Waals surface area contributed by atoms with Gasteiger partial charge in [0.05, 0.1) is 30.3 Å². The van der Waals surface area contributed by atoms with Crippen LogP contribution in [0.15, 0.2) is 22.7 Å². The smallest absolute Gasteiger partial charge is 0.306 e. The molecule has 0 aromatic heterocycles. The van der Waals surface area contributed by atoms with Crippen LogP contribution in [0.4, 0.5) is 5.69 Å². The second-order valence-corrected chi connectivity index (χ2v) is 5.07. The molecule has 0 fully saturated rings. The number of β-amino-alcohol motifs (C(OH)–C–C–N with tert-alkyl or cyclic N) is 1. The van der Waals surface area contributed by atoms with Crippen LogP contribution in [0, 0.1) is 0 Å². The van der Waals surface area contributed by atoms with Gasteiger partial charge < -0.3 is 15.1 Å². The number of carbonyl (C=O) groups is 3. The molecule has 1 amide bonds. The second-order valence-electron chi connectivity index (χ2n) is 4.16. The van der Waals surface area contributed by atoms with Gasteiger partial charge in [-0.25, -0.2) is 0 Å². The summed E-state index contributed by atoms with van der Waals surface area (Å²) in [7, 11) is 0. The van der Waals surface area contributed by atoms with Crippen molar-refractivity contribution in [1.29, 1.82) is 0 Å². The van der Waals surface area contributed by atoms with Crippen LogP contribution in [0.1, 0.15) is 16.8 Å². The van der Waals surface area contributed by atoms with Gasteiger partial charge in [-0.15, -0.1) is 0 Å². The number of rotatable bonds is 4. The summed E-state index contributed by atoms with van der Waals surface area (Å²) in [5, 5.41) is 18.2. The number of benzene rings is 1. The lowest BCUT2D eigenvalue weighted by atomic mass is 10.1. The number of Topliss-reactive ketones (excluding diaryl/α,β-unsaturated/α-hetero) is 1. The summed E-state index contributed by atoms with van der Waals surface area (Å²) in [5.41, 5.74) is 0.643. The van der Waals surface area contributed by atoms with Gasteiger partial charge in [0.15, 0.2) is 0 Å². The number of carboxylic acids is 1. The summed E-state index contributed by atoms with van der Waals surface area (Å²) < 4.78 is 0.687. The molecule has 100 valence electrons. The number of ketones is 1. The number of carboxylic acid groups (broad SMARTS) is 1. The van der Waals surface area contributed by atoms with Gasteiger partial charge in [-0.3, -0.25) is 14.4 Å². The van der Waals surface area contributed by atoms with E-state index in [9.17, 15) is 19.5 Å². The third kappa shape index (κ3) is 2.66. The van der Waals surface area contributed by atoms with E-state index in [1.54, 1.807) is 12.1 Å². The molecule has 1 aliphatic rings. The van der Waals surface area contributed by atoms with Crippen molar-refractivity contribution in [1.82, 2.24) is 0 Å². The average Bonchev–Trinajstić information content (AvgIpc) is 2.53. The molecule has 1 aliphatic heterocycles. The summed E-state index contributed by atoms with van der Waals surface area (Å²) in [6.45, 7) is -0.222. The Morgan fingerprint density at radius 1 is 1.37 bits per heavy atom. The van der Waals surface area contributed by atoms with Crippen molar-refractivity contribution in [2.24, 2.45) is 0 Å². The van der Waals surface area contributed by atoms with Crippen molar-refractivity contribution in [2.45, 2.75) is 12.5 Å². The minimum absolute atomic E-state index is 0.222. The van der Waals surface area contributed by atoms with E-state index in [0.717, 1.165) is 4.90 Å². The quantitative estimate of drug-likeness (QED) is 0.798. The lowest BCUT2D eigenvalue weighted by Gasteiger charge is -2.19. The number of hydrogen-bond donors (Lipinski definition) is 2. The maximum absolute atomic E-state index is 11.8. The Balaban J connectivity index is 2.27. The Labute approximate surface area is 116 Å². The fourth-order valence-corrected chi connectivity index (χ4v) is 2.27. The molecular formula is C12H10BrNO5. The molecular weight excluding hydrogens is 318 g/mol. The summed E-state index contributed by atoms with van der Waals surface area (Å²) in [4.78, 5) is 35.1. The molecule has 1 heterocycles. The lowest BCUT2D eigenvalue weighted by Crippen LogP contribution is -2.37. The fraction of sp³-hybridized carbons (Fsp3) is 0.250. The molecule has 1 atom stereocenters. The van der Waals surface area contributed by atoms with Crippen LogP contribution >= 0.6 is 15.9 Å². The number of aliphatic hydroxyl groups is 1. The van der Waals surface area contributed by atoms with Crippen LogP contribution in [0.3, 0.4) is 0 Å². The molecule has 1 aromatic rings. The molecule has 1 unspecified atom stereocenters. The molecule has 0 spiro atoms. The van der Waals surface area contributed by atoms with E-state index in [0.29, 0.717) is 10.2 Å². The van der Waals surface area contributed by atoms with Crippen molar-refractivity contribution in [3.63, 3.8) is 0 Å². The molecule has 0 aliphatic carbocycles. The Morgan fingerprint density at radius 3 is 2.68 bits per heavy atom. The molecule has 6 nitrogen and oxygen atoms in total. The molecule has 0 saturated heterocycles. The van der Waals surface area contributed by atoms with E-state index in [1.165, 1.54) is 6.07 Å². The van der Waals surface area contributed by atoms with Crippen molar-refractivity contribution >= 4 is 39.3 Å². The normalized spacial score (nSPS) is 15.6. The maximum Gasteiger partial charge on any atom is 0.306 e. The summed E-state index contributed by atoms with van der Waals surface area (Å²) in [6.07, 6.45) is -1.71. The van der Waals surface area contributed by atoms with Gasteiger partial charge in [0.25, 0.3) is 11.7 Å². The molecule has 0 bridgehead atoms. The highest BCUT2D eigenvalue weighted by Crippen LogP contribution is 2.31. The average molecular weight is 328 g/mol. The van der Waals surface area contributed by atoms with E-state index in [2.05, 4.69) is 15.9 Å². The first kappa shape index (κ1) is 13.7. The van der Waals surface area contributed by atoms with Gasteiger partial charge >= 0.3 is 5.97 Å². The highest BCUT2D eigenvalue weighted by molar-refractivity contribution is 9.10. The molecule has 2 rings (SSSR count). The van der Waals surface area contributed by atoms with Crippen molar-refractivity contribution in [3.05, 3.63) is 28.2 Å². The predicted octanol–water partition coefficient (Wildman–Crippen LogP) is 0.814. The number of fused-ring (bicyclic) bond motifs is 1. The first-order valence-corrected chi connectivity index (χ1v) is 6.25.